The van der Waals surface area contributed by atoms with E-state index < -0.39 is 4.92 Å². The summed E-state index contributed by atoms with van der Waals surface area (Å²) in [5.41, 5.74) is 2.48. The summed E-state index contributed by atoms with van der Waals surface area (Å²) < 4.78 is 0. The molecule has 0 spiro atoms. The minimum absolute atomic E-state index is 0.0324. The zero-order valence-electron chi connectivity index (χ0n) is 14.5. The number of likely N-dealkylation sites (tertiary alicyclic amines) is 1. The molecule has 0 N–H and O–H groups in total. The summed E-state index contributed by atoms with van der Waals surface area (Å²) in [5, 5.41) is 10.9. The third kappa shape index (κ3) is 4.17. The highest BCUT2D eigenvalue weighted by Crippen LogP contribution is 2.26. The molecule has 133 valence electrons. The number of carbonyl (C=O) groups excluding carboxylic acids is 1. The van der Waals surface area contributed by atoms with Crippen molar-refractivity contribution < 1.29 is 9.72 Å². The number of nitrogens with zero attached hydrogens (tertiary/aromatic N) is 2. The highest BCUT2D eigenvalue weighted by molar-refractivity contribution is 5.99. The van der Waals surface area contributed by atoms with Gasteiger partial charge in [0.2, 0.25) is 5.91 Å². The van der Waals surface area contributed by atoms with Gasteiger partial charge >= 0.3 is 0 Å². The van der Waals surface area contributed by atoms with Crippen molar-refractivity contribution in [3.63, 3.8) is 0 Å². The molecule has 26 heavy (non-hydrogen) atoms. The number of amides is 1. The van der Waals surface area contributed by atoms with E-state index in [-0.39, 0.29) is 11.6 Å². The van der Waals surface area contributed by atoms with E-state index in [0.29, 0.717) is 19.0 Å². The van der Waals surface area contributed by atoms with Gasteiger partial charge in [-0.2, -0.15) is 0 Å². The molecule has 1 radical (unpaired) electrons. The van der Waals surface area contributed by atoms with Gasteiger partial charge in [-0.1, -0.05) is 37.3 Å². The number of carbonyl (C=O) groups is 1. The monoisotopic (exact) mass is 349 g/mol. The van der Waals surface area contributed by atoms with Crippen LogP contribution >= 0.6 is 0 Å². The Morgan fingerprint density at radius 3 is 2.19 bits per heavy atom. The number of hydrogen-bond donors (Lipinski definition) is 0. The van der Waals surface area contributed by atoms with Crippen LogP contribution in [0.4, 0.5) is 5.69 Å². The molecule has 1 heterocycles. The third-order valence-corrected chi connectivity index (χ3v) is 4.67. The molecule has 0 aromatic heterocycles. The van der Waals surface area contributed by atoms with Crippen LogP contribution in [0, 0.1) is 23.0 Å². The molecule has 1 saturated heterocycles. The van der Waals surface area contributed by atoms with Crippen LogP contribution in [0.1, 0.15) is 24.0 Å². The van der Waals surface area contributed by atoms with Crippen molar-refractivity contribution in [2.75, 3.05) is 13.1 Å². The summed E-state index contributed by atoms with van der Waals surface area (Å²) in [7, 11) is 0. The fraction of sp³-hybridized carbons (Fsp3) is 0.238. The first kappa shape index (κ1) is 17.9. The first-order valence-electron chi connectivity index (χ1n) is 8.68. The molecule has 2 aromatic rings. The average molecular weight is 349 g/mol. The quantitative estimate of drug-likeness (QED) is 0.474. The van der Waals surface area contributed by atoms with Crippen LogP contribution in [-0.2, 0) is 4.79 Å². The number of benzene rings is 2. The number of rotatable bonds is 4. The maximum Gasteiger partial charge on any atom is 0.269 e. The van der Waals surface area contributed by atoms with E-state index >= 15 is 0 Å². The van der Waals surface area contributed by atoms with Crippen molar-refractivity contribution in [2.45, 2.75) is 12.8 Å². The summed E-state index contributed by atoms with van der Waals surface area (Å²) in [5.74, 6) is 0.375. The smallest absolute Gasteiger partial charge is 0.269 e. The minimum atomic E-state index is -0.427. The van der Waals surface area contributed by atoms with Crippen molar-refractivity contribution in [1.29, 1.82) is 0 Å². The number of hydrogen-bond acceptors (Lipinski definition) is 3. The number of nitro groups is 1. The summed E-state index contributed by atoms with van der Waals surface area (Å²) in [6, 6.07) is 15.9. The average Bonchev–Trinajstić information content (AvgIpc) is 2.67. The van der Waals surface area contributed by atoms with Crippen molar-refractivity contribution in [2.24, 2.45) is 5.92 Å². The number of piperidine rings is 1. The maximum atomic E-state index is 12.8. The molecule has 5 nitrogen and oxygen atoms in total. The molecule has 1 amide bonds. The molecule has 5 heteroatoms. The van der Waals surface area contributed by atoms with Crippen molar-refractivity contribution in [3.8, 4) is 0 Å². The second kappa shape index (κ2) is 7.95. The Bertz CT molecular complexity index is 805. The summed E-state index contributed by atoms with van der Waals surface area (Å²) >= 11 is 0. The largest absolute Gasteiger partial charge is 0.339 e. The van der Waals surface area contributed by atoms with E-state index in [0.717, 1.165) is 29.5 Å². The van der Waals surface area contributed by atoms with Crippen molar-refractivity contribution in [3.05, 3.63) is 88.8 Å². The first-order chi connectivity index (χ1) is 12.5. The third-order valence-electron chi connectivity index (χ3n) is 4.67. The van der Waals surface area contributed by atoms with E-state index in [1.807, 2.05) is 35.2 Å². The molecule has 1 aliphatic heterocycles. The summed E-state index contributed by atoms with van der Waals surface area (Å²) in [4.78, 5) is 25.1. The highest BCUT2D eigenvalue weighted by atomic mass is 16.6. The zero-order valence-corrected chi connectivity index (χ0v) is 14.5. The zero-order chi connectivity index (χ0) is 18.5. The topological polar surface area (TPSA) is 63.5 Å². The minimum Gasteiger partial charge on any atom is -0.339 e. The van der Waals surface area contributed by atoms with Crippen molar-refractivity contribution >= 4 is 17.2 Å². The van der Waals surface area contributed by atoms with Gasteiger partial charge in [-0.3, -0.25) is 14.9 Å². The maximum absolute atomic E-state index is 12.8. The molecule has 0 unspecified atom stereocenters. The van der Waals surface area contributed by atoms with E-state index in [1.54, 1.807) is 18.2 Å². The lowest BCUT2D eigenvalue weighted by Crippen LogP contribution is -2.37. The van der Waals surface area contributed by atoms with Crippen LogP contribution < -0.4 is 0 Å². The van der Waals surface area contributed by atoms with Gasteiger partial charge in [0.1, 0.15) is 0 Å². The lowest BCUT2D eigenvalue weighted by Gasteiger charge is -2.29. The molecule has 2 aromatic carbocycles. The van der Waals surface area contributed by atoms with Gasteiger partial charge in [-0.25, -0.2) is 0 Å². The summed E-state index contributed by atoms with van der Waals surface area (Å²) in [6.07, 6.45) is 3.47. The fourth-order valence-corrected chi connectivity index (χ4v) is 3.08. The van der Waals surface area contributed by atoms with Crippen LogP contribution in [0.3, 0.4) is 0 Å². The Balaban J connectivity index is 1.93. The standard InChI is InChI=1S/C21H21N2O3/c1-16-11-13-22(14-12-16)21(24)15-20(17-5-3-2-4-6-17)18-7-9-19(10-8-18)23(25)26/h2-10,15-16H,1,11-14H2. The molecular weight excluding hydrogens is 328 g/mol. The van der Waals surface area contributed by atoms with E-state index in [9.17, 15) is 14.9 Å². The van der Waals surface area contributed by atoms with Gasteiger partial charge in [-0.15, -0.1) is 0 Å². The lowest BCUT2D eigenvalue weighted by molar-refractivity contribution is -0.384. The van der Waals surface area contributed by atoms with Crippen LogP contribution in [-0.4, -0.2) is 28.8 Å². The predicted molar refractivity (Wildman–Crippen MR) is 101 cm³/mol. The van der Waals surface area contributed by atoms with E-state index in [2.05, 4.69) is 6.92 Å². The Hall–Kier alpha value is -2.95. The molecule has 0 aliphatic carbocycles. The normalized spacial score (nSPS) is 15.7. The lowest BCUT2D eigenvalue weighted by atomic mass is 9.96. The first-order valence-corrected chi connectivity index (χ1v) is 8.68. The highest BCUT2D eigenvalue weighted by Gasteiger charge is 2.20. The molecule has 0 bridgehead atoms. The Morgan fingerprint density at radius 1 is 1.04 bits per heavy atom. The van der Waals surface area contributed by atoms with Gasteiger partial charge in [0.15, 0.2) is 0 Å². The van der Waals surface area contributed by atoms with Gasteiger partial charge in [-0.05, 0) is 47.6 Å². The number of non-ortho nitro benzene ring substituents is 1. The Labute approximate surface area is 153 Å². The van der Waals surface area contributed by atoms with Crippen LogP contribution in [0.2, 0.25) is 0 Å². The molecule has 1 aliphatic rings. The molecule has 0 atom stereocenters. The van der Waals surface area contributed by atoms with Crippen LogP contribution in [0.15, 0.2) is 60.7 Å². The van der Waals surface area contributed by atoms with Crippen LogP contribution in [0.25, 0.3) is 5.57 Å². The fourth-order valence-electron chi connectivity index (χ4n) is 3.08. The second-order valence-corrected chi connectivity index (χ2v) is 6.50. The second-order valence-electron chi connectivity index (χ2n) is 6.50. The van der Waals surface area contributed by atoms with Gasteiger partial charge in [0, 0.05) is 31.3 Å². The summed E-state index contributed by atoms with van der Waals surface area (Å²) in [6.45, 7) is 5.49. The van der Waals surface area contributed by atoms with Crippen LogP contribution in [0.5, 0.6) is 0 Å². The molecule has 3 rings (SSSR count). The van der Waals surface area contributed by atoms with Gasteiger partial charge < -0.3 is 4.90 Å². The SMILES string of the molecule is [CH2]C1CCN(C(=O)C=C(c2ccccc2)c2ccc([N+](=O)[O-])cc2)CC1. The molecular formula is C21H21N2O3. The van der Waals surface area contributed by atoms with E-state index in [4.69, 9.17) is 0 Å². The van der Waals surface area contributed by atoms with Crippen molar-refractivity contribution in [1.82, 2.24) is 4.90 Å². The Kier molecular flexibility index (Phi) is 5.46. The van der Waals surface area contributed by atoms with Gasteiger partial charge in [0.05, 0.1) is 4.92 Å². The predicted octanol–water partition coefficient (Wildman–Crippen LogP) is 4.10. The Morgan fingerprint density at radius 2 is 1.62 bits per heavy atom. The molecule has 0 saturated carbocycles. The number of nitro benzene ring substituents is 1. The van der Waals surface area contributed by atoms with Gasteiger partial charge in [0.25, 0.3) is 5.69 Å². The molecule has 1 fully saturated rings. The van der Waals surface area contributed by atoms with E-state index in [1.165, 1.54) is 12.1 Å².